The SMILES string of the molecule is CCCNc1ncccc1CN(CC)CC(=O)NCC. The number of rotatable bonds is 9. The van der Waals surface area contributed by atoms with E-state index in [1.54, 1.807) is 6.20 Å². The highest BCUT2D eigenvalue weighted by Gasteiger charge is 2.11. The van der Waals surface area contributed by atoms with Crippen LogP contribution in [0.1, 0.15) is 32.8 Å². The fourth-order valence-corrected chi connectivity index (χ4v) is 1.95. The Hall–Kier alpha value is -1.62. The van der Waals surface area contributed by atoms with Gasteiger partial charge in [-0.05, 0) is 26.0 Å². The van der Waals surface area contributed by atoms with Gasteiger partial charge in [-0.3, -0.25) is 9.69 Å². The van der Waals surface area contributed by atoms with Crippen molar-refractivity contribution >= 4 is 11.7 Å². The molecule has 1 heterocycles. The second-order valence-electron chi connectivity index (χ2n) is 4.69. The molecule has 0 unspecified atom stereocenters. The number of carbonyl (C=O) groups excluding carboxylic acids is 1. The summed E-state index contributed by atoms with van der Waals surface area (Å²) >= 11 is 0. The number of hydrogen-bond donors (Lipinski definition) is 2. The van der Waals surface area contributed by atoms with E-state index >= 15 is 0 Å². The van der Waals surface area contributed by atoms with Crippen molar-refractivity contribution in [1.29, 1.82) is 0 Å². The number of aromatic nitrogens is 1. The van der Waals surface area contributed by atoms with Crippen molar-refractivity contribution in [3.63, 3.8) is 0 Å². The molecule has 0 fully saturated rings. The lowest BCUT2D eigenvalue weighted by molar-refractivity contribution is -0.122. The largest absolute Gasteiger partial charge is 0.370 e. The van der Waals surface area contributed by atoms with Gasteiger partial charge in [-0.15, -0.1) is 0 Å². The van der Waals surface area contributed by atoms with Gasteiger partial charge in [-0.1, -0.05) is 19.9 Å². The lowest BCUT2D eigenvalue weighted by Gasteiger charge is -2.21. The van der Waals surface area contributed by atoms with Gasteiger partial charge in [-0.25, -0.2) is 4.98 Å². The average molecular weight is 278 g/mol. The molecular weight excluding hydrogens is 252 g/mol. The maximum atomic E-state index is 11.7. The van der Waals surface area contributed by atoms with Crippen LogP contribution < -0.4 is 10.6 Å². The zero-order chi connectivity index (χ0) is 14.8. The Morgan fingerprint density at radius 3 is 2.80 bits per heavy atom. The molecule has 0 aromatic carbocycles. The van der Waals surface area contributed by atoms with Gasteiger partial charge in [0.2, 0.25) is 5.91 Å². The molecule has 0 atom stereocenters. The number of nitrogens with one attached hydrogen (secondary N) is 2. The molecule has 0 saturated heterocycles. The van der Waals surface area contributed by atoms with E-state index in [4.69, 9.17) is 0 Å². The molecule has 1 aromatic heterocycles. The first-order chi connectivity index (χ1) is 9.71. The highest BCUT2D eigenvalue weighted by Crippen LogP contribution is 2.14. The predicted octanol–water partition coefficient (Wildman–Crippen LogP) is 1.86. The number of hydrogen-bond acceptors (Lipinski definition) is 4. The molecule has 0 spiro atoms. The molecule has 5 heteroatoms. The van der Waals surface area contributed by atoms with Crippen LogP contribution in [0.15, 0.2) is 18.3 Å². The summed E-state index contributed by atoms with van der Waals surface area (Å²) in [5.41, 5.74) is 1.13. The molecule has 0 saturated carbocycles. The summed E-state index contributed by atoms with van der Waals surface area (Å²) in [7, 11) is 0. The van der Waals surface area contributed by atoms with Crippen LogP contribution in [0.5, 0.6) is 0 Å². The normalized spacial score (nSPS) is 10.6. The molecule has 0 aliphatic rings. The number of amides is 1. The van der Waals surface area contributed by atoms with E-state index in [9.17, 15) is 4.79 Å². The van der Waals surface area contributed by atoms with Gasteiger partial charge in [0.15, 0.2) is 0 Å². The van der Waals surface area contributed by atoms with E-state index < -0.39 is 0 Å². The Kier molecular flexibility index (Phi) is 7.65. The molecule has 0 radical (unpaired) electrons. The minimum atomic E-state index is 0.0707. The van der Waals surface area contributed by atoms with E-state index in [-0.39, 0.29) is 5.91 Å². The van der Waals surface area contributed by atoms with Gasteiger partial charge >= 0.3 is 0 Å². The maximum Gasteiger partial charge on any atom is 0.234 e. The van der Waals surface area contributed by atoms with Crippen LogP contribution in [0, 0.1) is 0 Å². The van der Waals surface area contributed by atoms with Crippen molar-refractivity contribution in [2.45, 2.75) is 33.7 Å². The van der Waals surface area contributed by atoms with E-state index in [0.29, 0.717) is 13.1 Å². The molecule has 1 amide bonds. The molecular formula is C15H26N4O. The summed E-state index contributed by atoms with van der Waals surface area (Å²) in [6.45, 7) is 9.69. The average Bonchev–Trinajstić information content (AvgIpc) is 2.45. The van der Waals surface area contributed by atoms with Crippen molar-refractivity contribution in [3.8, 4) is 0 Å². The first-order valence-electron chi connectivity index (χ1n) is 7.38. The van der Waals surface area contributed by atoms with Gasteiger partial charge in [0.1, 0.15) is 5.82 Å². The topological polar surface area (TPSA) is 57.3 Å². The lowest BCUT2D eigenvalue weighted by atomic mass is 10.2. The molecule has 0 aliphatic carbocycles. The highest BCUT2D eigenvalue weighted by atomic mass is 16.2. The van der Waals surface area contributed by atoms with E-state index in [1.165, 1.54) is 0 Å². The Labute approximate surface area is 121 Å². The molecule has 5 nitrogen and oxygen atoms in total. The third-order valence-electron chi connectivity index (χ3n) is 3.02. The van der Waals surface area contributed by atoms with Gasteiger partial charge in [-0.2, -0.15) is 0 Å². The van der Waals surface area contributed by atoms with E-state index in [1.807, 2.05) is 13.0 Å². The molecule has 0 bridgehead atoms. The predicted molar refractivity (Wildman–Crippen MR) is 82.7 cm³/mol. The highest BCUT2D eigenvalue weighted by molar-refractivity contribution is 5.77. The molecule has 1 rings (SSSR count). The Morgan fingerprint density at radius 2 is 2.15 bits per heavy atom. The van der Waals surface area contributed by atoms with E-state index in [2.05, 4.69) is 40.4 Å². The third kappa shape index (κ3) is 5.57. The summed E-state index contributed by atoms with van der Waals surface area (Å²) in [5.74, 6) is 0.991. The van der Waals surface area contributed by atoms with Gasteiger partial charge in [0.05, 0.1) is 6.54 Å². The molecule has 2 N–H and O–H groups in total. The van der Waals surface area contributed by atoms with Crippen LogP contribution in [0.2, 0.25) is 0 Å². The molecule has 1 aromatic rings. The lowest BCUT2D eigenvalue weighted by Crippen LogP contribution is -2.36. The van der Waals surface area contributed by atoms with Crippen LogP contribution in [0.3, 0.4) is 0 Å². The zero-order valence-corrected chi connectivity index (χ0v) is 12.8. The first-order valence-corrected chi connectivity index (χ1v) is 7.38. The summed E-state index contributed by atoms with van der Waals surface area (Å²) in [5, 5.41) is 6.17. The Morgan fingerprint density at radius 1 is 1.35 bits per heavy atom. The minimum Gasteiger partial charge on any atom is -0.370 e. The molecule has 0 aliphatic heterocycles. The van der Waals surface area contributed by atoms with Crippen LogP contribution >= 0.6 is 0 Å². The van der Waals surface area contributed by atoms with Crippen LogP contribution in [-0.4, -0.2) is 42.0 Å². The number of nitrogens with zero attached hydrogens (tertiary/aromatic N) is 2. The number of likely N-dealkylation sites (N-methyl/N-ethyl adjacent to an activating group) is 2. The monoisotopic (exact) mass is 278 g/mol. The minimum absolute atomic E-state index is 0.0707. The second kappa shape index (κ2) is 9.31. The van der Waals surface area contributed by atoms with Crippen molar-refractivity contribution in [1.82, 2.24) is 15.2 Å². The summed E-state index contributed by atoms with van der Waals surface area (Å²) < 4.78 is 0. The second-order valence-corrected chi connectivity index (χ2v) is 4.69. The zero-order valence-electron chi connectivity index (χ0n) is 12.8. The van der Waals surface area contributed by atoms with Crippen LogP contribution in [0.25, 0.3) is 0 Å². The Bertz CT molecular complexity index is 409. The summed E-state index contributed by atoms with van der Waals surface area (Å²) in [4.78, 5) is 18.2. The number of pyridine rings is 1. The standard InChI is InChI=1S/C15H26N4O/c1-4-9-17-15-13(8-7-10-18-15)11-19(6-3)12-14(20)16-5-2/h7-8,10H,4-6,9,11-12H2,1-3H3,(H,16,20)(H,17,18). The quantitative estimate of drug-likeness (QED) is 0.724. The number of anilines is 1. The van der Waals surface area contributed by atoms with Crippen LogP contribution in [0.4, 0.5) is 5.82 Å². The van der Waals surface area contributed by atoms with Crippen molar-refractivity contribution in [3.05, 3.63) is 23.9 Å². The fourth-order valence-electron chi connectivity index (χ4n) is 1.95. The van der Waals surface area contributed by atoms with Crippen molar-refractivity contribution in [2.24, 2.45) is 0 Å². The van der Waals surface area contributed by atoms with Crippen molar-refractivity contribution < 1.29 is 4.79 Å². The molecule has 20 heavy (non-hydrogen) atoms. The van der Waals surface area contributed by atoms with Crippen LogP contribution in [-0.2, 0) is 11.3 Å². The molecule has 112 valence electrons. The summed E-state index contributed by atoms with van der Waals surface area (Å²) in [6, 6.07) is 4.00. The smallest absolute Gasteiger partial charge is 0.234 e. The number of carbonyl (C=O) groups is 1. The summed E-state index contributed by atoms with van der Waals surface area (Å²) in [6.07, 6.45) is 2.86. The third-order valence-corrected chi connectivity index (χ3v) is 3.02. The van der Waals surface area contributed by atoms with Gasteiger partial charge < -0.3 is 10.6 Å². The van der Waals surface area contributed by atoms with Crippen molar-refractivity contribution in [2.75, 3.05) is 31.5 Å². The Balaban J connectivity index is 2.66. The fraction of sp³-hybridized carbons (Fsp3) is 0.600. The van der Waals surface area contributed by atoms with Gasteiger partial charge in [0, 0.05) is 31.4 Å². The maximum absolute atomic E-state index is 11.7. The first kappa shape index (κ1) is 16.4. The van der Waals surface area contributed by atoms with Gasteiger partial charge in [0.25, 0.3) is 0 Å². The van der Waals surface area contributed by atoms with E-state index in [0.717, 1.165) is 37.4 Å².